The first-order chi connectivity index (χ1) is 5.72. The number of methoxy groups -OCH3 is 1. The topological polar surface area (TPSA) is 12.5 Å². The van der Waals surface area contributed by atoms with Crippen molar-refractivity contribution in [2.24, 2.45) is 0 Å². The van der Waals surface area contributed by atoms with Crippen LogP contribution in [0.5, 0.6) is 0 Å². The monoisotopic (exact) mass is 283 g/mol. The summed E-state index contributed by atoms with van der Waals surface area (Å²) < 4.78 is 6.08. The van der Waals surface area contributed by atoms with E-state index < -0.39 is 0 Å². The fourth-order valence-electron chi connectivity index (χ4n) is 1.68. The molecule has 0 saturated carbocycles. The molecule has 0 aromatic carbocycles. The van der Waals surface area contributed by atoms with E-state index in [4.69, 9.17) is 4.74 Å². The predicted octanol–water partition coefficient (Wildman–Crippen LogP) is 1.92. The molecule has 1 aliphatic heterocycles. The lowest BCUT2D eigenvalue weighted by Crippen LogP contribution is -2.39. The van der Waals surface area contributed by atoms with Crippen LogP contribution in [0.2, 0.25) is 0 Å². The van der Waals surface area contributed by atoms with E-state index in [2.05, 4.69) is 34.4 Å². The molecule has 72 valence electrons. The standard InChI is InChI=1S/C9H18INO/c1-8(10)7-11-5-3-9(12-2)4-6-11/h8-9H,3-7H2,1-2H3. The molecule has 12 heavy (non-hydrogen) atoms. The first-order valence-corrected chi connectivity index (χ1v) is 5.86. The number of piperidine rings is 1. The van der Waals surface area contributed by atoms with Gasteiger partial charge in [-0.05, 0) is 12.8 Å². The second-order valence-electron chi connectivity index (χ2n) is 3.52. The van der Waals surface area contributed by atoms with Gasteiger partial charge in [0.05, 0.1) is 6.10 Å². The van der Waals surface area contributed by atoms with Gasteiger partial charge in [0.25, 0.3) is 0 Å². The van der Waals surface area contributed by atoms with E-state index in [0.717, 1.165) is 3.92 Å². The summed E-state index contributed by atoms with van der Waals surface area (Å²) in [5.74, 6) is 0. The first kappa shape index (κ1) is 10.7. The maximum absolute atomic E-state index is 5.32. The normalized spacial score (nSPS) is 24.2. The third kappa shape index (κ3) is 3.58. The number of hydrogen-bond donors (Lipinski definition) is 0. The Labute approximate surface area is 88.8 Å². The fraction of sp³-hybridized carbons (Fsp3) is 1.00. The molecule has 1 fully saturated rings. The lowest BCUT2D eigenvalue weighted by Gasteiger charge is -2.31. The number of halogens is 1. The van der Waals surface area contributed by atoms with Gasteiger partial charge in [-0.25, -0.2) is 0 Å². The second kappa shape index (κ2) is 5.40. The fourth-order valence-corrected chi connectivity index (χ4v) is 2.24. The molecule has 3 heteroatoms. The van der Waals surface area contributed by atoms with Gasteiger partial charge < -0.3 is 9.64 Å². The highest BCUT2D eigenvalue weighted by atomic mass is 127. The number of rotatable bonds is 3. The van der Waals surface area contributed by atoms with Gasteiger partial charge in [-0.2, -0.15) is 0 Å². The molecule has 0 bridgehead atoms. The van der Waals surface area contributed by atoms with Gasteiger partial charge in [0.1, 0.15) is 0 Å². The van der Waals surface area contributed by atoms with E-state index in [-0.39, 0.29) is 0 Å². The minimum Gasteiger partial charge on any atom is -0.381 e. The van der Waals surface area contributed by atoms with Crippen molar-refractivity contribution in [3.8, 4) is 0 Å². The van der Waals surface area contributed by atoms with Crippen molar-refractivity contribution < 1.29 is 4.74 Å². The van der Waals surface area contributed by atoms with Gasteiger partial charge in [0, 0.05) is 30.7 Å². The number of ether oxygens (including phenoxy) is 1. The predicted molar refractivity (Wildman–Crippen MR) is 60.0 cm³/mol. The van der Waals surface area contributed by atoms with E-state index in [1.165, 1.54) is 32.5 Å². The molecule has 1 saturated heterocycles. The van der Waals surface area contributed by atoms with Crippen LogP contribution >= 0.6 is 22.6 Å². The number of likely N-dealkylation sites (tertiary alicyclic amines) is 1. The van der Waals surface area contributed by atoms with Gasteiger partial charge in [-0.15, -0.1) is 0 Å². The van der Waals surface area contributed by atoms with Crippen LogP contribution in [-0.4, -0.2) is 41.7 Å². The van der Waals surface area contributed by atoms with Crippen molar-refractivity contribution >= 4 is 22.6 Å². The van der Waals surface area contributed by atoms with Gasteiger partial charge in [-0.3, -0.25) is 0 Å². The van der Waals surface area contributed by atoms with E-state index in [1.54, 1.807) is 0 Å². The van der Waals surface area contributed by atoms with Crippen molar-refractivity contribution in [1.82, 2.24) is 4.90 Å². The minimum absolute atomic E-state index is 0.519. The van der Waals surface area contributed by atoms with Gasteiger partial charge in [-0.1, -0.05) is 29.5 Å². The molecule has 1 aliphatic rings. The van der Waals surface area contributed by atoms with Crippen LogP contribution in [0.1, 0.15) is 19.8 Å². The molecule has 1 rings (SSSR count). The molecule has 1 heterocycles. The van der Waals surface area contributed by atoms with Crippen molar-refractivity contribution in [3.63, 3.8) is 0 Å². The van der Waals surface area contributed by atoms with E-state index >= 15 is 0 Å². The molecule has 0 aromatic rings. The summed E-state index contributed by atoms with van der Waals surface area (Å²) in [6.07, 6.45) is 2.94. The molecule has 0 amide bonds. The Morgan fingerprint density at radius 2 is 2.08 bits per heavy atom. The molecule has 1 atom stereocenters. The zero-order valence-corrected chi connectivity index (χ0v) is 10.1. The Balaban J connectivity index is 2.17. The molecule has 0 spiro atoms. The lowest BCUT2D eigenvalue weighted by atomic mass is 10.1. The molecule has 0 aliphatic carbocycles. The maximum Gasteiger partial charge on any atom is 0.0595 e. The SMILES string of the molecule is COC1CCN(CC(C)I)CC1. The molecule has 0 aromatic heterocycles. The third-order valence-corrected chi connectivity index (χ3v) is 2.77. The average Bonchev–Trinajstić information content (AvgIpc) is 2.05. The molecule has 1 unspecified atom stereocenters. The smallest absolute Gasteiger partial charge is 0.0595 e. The van der Waals surface area contributed by atoms with Crippen molar-refractivity contribution in [2.75, 3.05) is 26.7 Å². The number of alkyl halides is 1. The summed E-state index contributed by atoms with van der Waals surface area (Å²) in [5, 5.41) is 0. The van der Waals surface area contributed by atoms with Crippen LogP contribution in [0.3, 0.4) is 0 Å². The third-order valence-electron chi connectivity index (χ3n) is 2.38. The summed E-state index contributed by atoms with van der Waals surface area (Å²) in [7, 11) is 1.82. The second-order valence-corrected chi connectivity index (χ2v) is 5.64. The molecule has 0 N–H and O–H groups in total. The van der Waals surface area contributed by atoms with E-state index in [1.807, 2.05) is 7.11 Å². The molecular weight excluding hydrogens is 265 g/mol. The Morgan fingerprint density at radius 3 is 2.50 bits per heavy atom. The maximum atomic E-state index is 5.32. The Morgan fingerprint density at radius 1 is 1.50 bits per heavy atom. The minimum atomic E-state index is 0.519. The largest absolute Gasteiger partial charge is 0.381 e. The molecule has 2 nitrogen and oxygen atoms in total. The summed E-state index contributed by atoms with van der Waals surface area (Å²) in [5.41, 5.74) is 0. The summed E-state index contributed by atoms with van der Waals surface area (Å²) in [6.45, 7) is 5.93. The van der Waals surface area contributed by atoms with Crippen LogP contribution in [0.15, 0.2) is 0 Å². The van der Waals surface area contributed by atoms with Gasteiger partial charge in [0.2, 0.25) is 0 Å². The number of hydrogen-bond acceptors (Lipinski definition) is 2. The van der Waals surface area contributed by atoms with E-state index in [9.17, 15) is 0 Å². The summed E-state index contributed by atoms with van der Waals surface area (Å²) >= 11 is 2.49. The highest BCUT2D eigenvalue weighted by Gasteiger charge is 2.18. The van der Waals surface area contributed by atoms with Crippen LogP contribution in [0, 0.1) is 0 Å². The Kier molecular flexibility index (Phi) is 4.82. The van der Waals surface area contributed by atoms with E-state index in [0.29, 0.717) is 6.10 Å². The van der Waals surface area contributed by atoms with Crippen LogP contribution in [-0.2, 0) is 4.74 Å². The van der Waals surface area contributed by atoms with Gasteiger partial charge >= 0.3 is 0 Å². The molecule has 0 radical (unpaired) electrons. The van der Waals surface area contributed by atoms with Crippen molar-refractivity contribution in [1.29, 1.82) is 0 Å². The number of nitrogens with zero attached hydrogens (tertiary/aromatic N) is 1. The molecular formula is C9H18INO. The average molecular weight is 283 g/mol. The zero-order chi connectivity index (χ0) is 8.97. The quantitative estimate of drug-likeness (QED) is 0.579. The summed E-state index contributed by atoms with van der Waals surface area (Å²) in [6, 6.07) is 0. The Hall–Kier alpha value is 0.650. The summed E-state index contributed by atoms with van der Waals surface area (Å²) in [4.78, 5) is 2.53. The Bertz CT molecular complexity index is 122. The highest BCUT2D eigenvalue weighted by molar-refractivity contribution is 14.1. The zero-order valence-electron chi connectivity index (χ0n) is 7.92. The van der Waals surface area contributed by atoms with Gasteiger partial charge in [0.15, 0.2) is 0 Å². The van der Waals surface area contributed by atoms with Crippen molar-refractivity contribution in [2.45, 2.75) is 29.8 Å². The highest BCUT2D eigenvalue weighted by Crippen LogP contribution is 2.14. The van der Waals surface area contributed by atoms with Crippen LogP contribution in [0.4, 0.5) is 0 Å². The van der Waals surface area contributed by atoms with Crippen LogP contribution < -0.4 is 0 Å². The van der Waals surface area contributed by atoms with Crippen molar-refractivity contribution in [3.05, 3.63) is 0 Å². The first-order valence-electron chi connectivity index (χ1n) is 4.61. The van der Waals surface area contributed by atoms with Crippen LogP contribution in [0.25, 0.3) is 0 Å². The lowest BCUT2D eigenvalue weighted by molar-refractivity contribution is 0.0419.